The van der Waals surface area contributed by atoms with E-state index in [9.17, 15) is 5.11 Å². The normalized spacial score (nSPS) is 10.4. The van der Waals surface area contributed by atoms with Gasteiger partial charge in [0.1, 0.15) is 5.75 Å². The summed E-state index contributed by atoms with van der Waals surface area (Å²) in [6, 6.07) is 5.40. The minimum Gasteiger partial charge on any atom is -0.508 e. The monoisotopic (exact) mass is 195 g/mol. The molecule has 0 unspecified atom stereocenters. The van der Waals surface area contributed by atoms with Crippen LogP contribution in [-0.2, 0) is 13.0 Å². The number of aliphatic hydroxyl groups is 1. The van der Waals surface area contributed by atoms with E-state index < -0.39 is 0 Å². The highest BCUT2D eigenvalue weighted by atomic mass is 16.3. The first-order valence-electron chi connectivity index (χ1n) is 4.89. The van der Waals surface area contributed by atoms with Crippen LogP contribution < -0.4 is 5.73 Å². The van der Waals surface area contributed by atoms with Gasteiger partial charge in [-0.15, -0.1) is 0 Å². The fourth-order valence-electron chi connectivity index (χ4n) is 1.37. The number of phenols is 1. The second-order valence-electron chi connectivity index (χ2n) is 3.37. The molecule has 3 heteroatoms. The Kier molecular flexibility index (Phi) is 4.43. The molecule has 1 aromatic carbocycles. The van der Waals surface area contributed by atoms with Gasteiger partial charge in [0.15, 0.2) is 0 Å². The van der Waals surface area contributed by atoms with Crippen molar-refractivity contribution >= 4 is 0 Å². The molecule has 1 aromatic rings. The molecule has 0 aliphatic carbocycles. The highest BCUT2D eigenvalue weighted by molar-refractivity contribution is 5.35. The molecule has 0 aliphatic rings. The maximum atomic E-state index is 9.46. The lowest BCUT2D eigenvalue weighted by molar-refractivity contribution is 0.275. The van der Waals surface area contributed by atoms with Gasteiger partial charge >= 0.3 is 0 Å². The average molecular weight is 195 g/mol. The van der Waals surface area contributed by atoms with Crippen molar-refractivity contribution < 1.29 is 10.2 Å². The molecular formula is C11H17NO2. The van der Waals surface area contributed by atoms with Gasteiger partial charge in [-0.05, 0) is 37.4 Å². The van der Waals surface area contributed by atoms with Crippen molar-refractivity contribution in [1.82, 2.24) is 0 Å². The molecule has 1 rings (SSSR count). The third-order valence-corrected chi connectivity index (χ3v) is 2.24. The van der Waals surface area contributed by atoms with Crippen LogP contribution in [0.1, 0.15) is 24.0 Å². The second kappa shape index (κ2) is 5.62. The van der Waals surface area contributed by atoms with E-state index in [0.29, 0.717) is 12.1 Å². The van der Waals surface area contributed by atoms with Crippen molar-refractivity contribution in [2.45, 2.75) is 25.9 Å². The standard InChI is InChI=1S/C11H17NO2/c12-6-2-1-3-9-4-5-10(8-13)11(14)7-9/h4-5,7,13-14H,1-3,6,8,12H2. The minimum absolute atomic E-state index is 0.116. The van der Waals surface area contributed by atoms with Gasteiger partial charge in [0.25, 0.3) is 0 Å². The third-order valence-electron chi connectivity index (χ3n) is 2.24. The summed E-state index contributed by atoms with van der Waals surface area (Å²) in [6.45, 7) is 0.593. The van der Waals surface area contributed by atoms with Crippen LogP contribution in [0, 0.1) is 0 Å². The number of aryl methyl sites for hydroxylation is 1. The Morgan fingerprint density at radius 3 is 2.57 bits per heavy atom. The van der Waals surface area contributed by atoms with Crippen LogP contribution in [0.3, 0.4) is 0 Å². The van der Waals surface area contributed by atoms with Gasteiger partial charge in [0.05, 0.1) is 6.61 Å². The van der Waals surface area contributed by atoms with E-state index in [4.69, 9.17) is 10.8 Å². The fraction of sp³-hybridized carbons (Fsp3) is 0.455. The number of hydrogen-bond acceptors (Lipinski definition) is 3. The summed E-state index contributed by atoms with van der Waals surface area (Å²) >= 11 is 0. The number of hydrogen-bond donors (Lipinski definition) is 3. The van der Waals surface area contributed by atoms with Gasteiger partial charge in [0.2, 0.25) is 0 Å². The Morgan fingerprint density at radius 1 is 1.21 bits per heavy atom. The molecule has 0 aromatic heterocycles. The highest BCUT2D eigenvalue weighted by Crippen LogP contribution is 2.19. The Labute approximate surface area is 84.2 Å². The van der Waals surface area contributed by atoms with Crippen molar-refractivity contribution in [2.24, 2.45) is 5.73 Å². The Hall–Kier alpha value is -1.06. The third kappa shape index (κ3) is 3.01. The summed E-state index contributed by atoms with van der Waals surface area (Å²) < 4.78 is 0. The van der Waals surface area contributed by atoms with E-state index in [1.165, 1.54) is 0 Å². The largest absolute Gasteiger partial charge is 0.508 e. The van der Waals surface area contributed by atoms with E-state index in [1.807, 2.05) is 6.07 Å². The van der Waals surface area contributed by atoms with Gasteiger partial charge < -0.3 is 15.9 Å². The fourth-order valence-corrected chi connectivity index (χ4v) is 1.37. The molecule has 14 heavy (non-hydrogen) atoms. The van der Waals surface area contributed by atoms with Crippen molar-refractivity contribution in [1.29, 1.82) is 0 Å². The molecule has 0 heterocycles. The van der Waals surface area contributed by atoms with Crippen LogP contribution in [0.5, 0.6) is 5.75 Å². The predicted molar refractivity (Wildman–Crippen MR) is 56.0 cm³/mol. The number of aliphatic hydroxyl groups excluding tert-OH is 1. The van der Waals surface area contributed by atoms with Gasteiger partial charge in [-0.3, -0.25) is 0 Å². The lowest BCUT2D eigenvalue weighted by Gasteiger charge is -2.04. The summed E-state index contributed by atoms with van der Waals surface area (Å²) in [4.78, 5) is 0. The molecule has 4 N–H and O–H groups in total. The summed E-state index contributed by atoms with van der Waals surface area (Å²) in [6.07, 6.45) is 2.97. The quantitative estimate of drug-likeness (QED) is 0.618. The van der Waals surface area contributed by atoms with Crippen molar-refractivity contribution in [3.05, 3.63) is 29.3 Å². The highest BCUT2D eigenvalue weighted by Gasteiger charge is 2.00. The molecule has 0 fully saturated rings. The van der Waals surface area contributed by atoms with Crippen LogP contribution in [0.25, 0.3) is 0 Å². The van der Waals surface area contributed by atoms with E-state index >= 15 is 0 Å². The van der Waals surface area contributed by atoms with Crippen LogP contribution in [0.2, 0.25) is 0 Å². The van der Waals surface area contributed by atoms with Crippen LogP contribution in [0.4, 0.5) is 0 Å². The molecule has 3 nitrogen and oxygen atoms in total. The zero-order valence-corrected chi connectivity index (χ0v) is 8.24. The van der Waals surface area contributed by atoms with Gasteiger partial charge in [-0.1, -0.05) is 12.1 Å². The van der Waals surface area contributed by atoms with Crippen molar-refractivity contribution in [3.8, 4) is 5.75 Å². The van der Waals surface area contributed by atoms with E-state index in [0.717, 1.165) is 24.8 Å². The minimum atomic E-state index is -0.116. The Morgan fingerprint density at radius 2 is 2.00 bits per heavy atom. The molecule has 0 atom stereocenters. The summed E-state index contributed by atoms with van der Waals surface area (Å²) in [5.74, 6) is 0.178. The van der Waals surface area contributed by atoms with Crippen molar-refractivity contribution in [2.75, 3.05) is 6.54 Å². The molecule has 0 radical (unpaired) electrons. The summed E-state index contributed by atoms with van der Waals surface area (Å²) in [5.41, 5.74) is 7.05. The maximum absolute atomic E-state index is 9.46. The zero-order valence-electron chi connectivity index (χ0n) is 8.24. The number of aromatic hydroxyl groups is 1. The number of benzene rings is 1. The Bertz CT molecular complexity index is 287. The van der Waals surface area contributed by atoms with E-state index in [1.54, 1.807) is 12.1 Å². The first-order chi connectivity index (χ1) is 6.77. The summed E-state index contributed by atoms with van der Waals surface area (Å²) in [7, 11) is 0. The number of rotatable bonds is 5. The first-order valence-corrected chi connectivity index (χ1v) is 4.89. The number of nitrogens with two attached hydrogens (primary N) is 1. The summed E-state index contributed by atoms with van der Waals surface area (Å²) in [5, 5.41) is 18.3. The molecule has 0 saturated carbocycles. The smallest absolute Gasteiger partial charge is 0.121 e. The first kappa shape index (κ1) is 11.0. The van der Waals surface area contributed by atoms with Gasteiger partial charge in [0, 0.05) is 5.56 Å². The van der Waals surface area contributed by atoms with E-state index in [-0.39, 0.29) is 12.4 Å². The molecule has 0 amide bonds. The molecule has 0 bridgehead atoms. The zero-order chi connectivity index (χ0) is 10.4. The van der Waals surface area contributed by atoms with Crippen LogP contribution in [-0.4, -0.2) is 16.8 Å². The molecule has 0 spiro atoms. The van der Waals surface area contributed by atoms with Crippen LogP contribution >= 0.6 is 0 Å². The average Bonchev–Trinajstić information content (AvgIpc) is 2.18. The van der Waals surface area contributed by atoms with Gasteiger partial charge in [-0.2, -0.15) is 0 Å². The topological polar surface area (TPSA) is 66.5 Å². The lowest BCUT2D eigenvalue weighted by atomic mass is 10.1. The SMILES string of the molecule is NCCCCc1ccc(CO)c(O)c1. The maximum Gasteiger partial charge on any atom is 0.121 e. The van der Waals surface area contributed by atoms with Crippen molar-refractivity contribution in [3.63, 3.8) is 0 Å². The molecule has 78 valence electrons. The molecule has 0 aliphatic heterocycles. The lowest BCUT2D eigenvalue weighted by Crippen LogP contribution is -1.99. The molecule has 0 saturated heterocycles. The van der Waals surface area contributed by atoms with Crippen LogP contribution in [0.15, 0.2) is 18.2 Å². The Balaban J connectivity index is 2.57. The molecular weight excluding hydrogens is 178 g/mol. The van der Waals surface area contributed by atoms with E-state index in [2.05, 4.69) is 0 Å². The van der Waals surface area contributed by atoms with Gasteiger partial charge in [-0.25, -0.2) is 0 Å². The predicted octanol–water partition coefficient (Wildman–Crippen LogP) is 1.17. The second-order valence-corrected chi connectivity index (χ2v) is 3.37. The number of unbranched alkanes of at least 4 members (excludes halogenated alkanes) is 1.